The Bertz CT molecular complexity index is 209. The normalized spacial score (nSPS) is 16.7. The van der Waals surface area contributed by atoms with Crippen molar-refractivity contribution in [2.45, 2.75) is 6.92 Å². The van der Waals surface area contributed by atoms with E-state index in [0.29, 0.717) is 0 Å². The van der Waals surface area contributed by atoms with Crippen molar-refractivity contribution in [3.63, 3.8) is 0 Å². The fourth-order valence-corrected chi connectivity index (χ4v) is 0.703. The van der Waals surface area contributed by atoms with Crippen LogP contribution in [0.1, 0.15) is 6.92 Å². The molecule has 0 aliphatic carbocycles. The molecule has 2 nitrogen and oxygen atoms in total. The highest BCUT2D eigenvalue weighted by atomic mass is 127. The van der Waals surface area contributed by atoms with Gasteiger partial charge < -0.3 is 0 Å². The molecule has 1 aliphatic heterocycles. The van der Waals surface area contributed by atoms with Crippen molar-refractivity contribution in [1.82, 2.24) is 0 Å². The predicted octanol–water partition coefficient (Wildman–Crippen LogP) is 2.35. The summed E-state index contributed by atoms with van der Waals surface area (Å²) in [6.45, 7) is 1.91. The SMILES string of the molecule is CC1=CC=C(I)N=C=N1. The van der Waals surface area contributed by atoms with Crippen LogP contribution < -0.4 is 0 Å². The Morgan fingerprint density at radius 2 is 2.22 bits per heavy atom. The smallest absolute Gasteiger partial charge is 0.113 e. The Labute approximate surface area is 67.2 Å². The second-order valence-electron chi connectivity index (χ2n) is 1.62. The molecule has 1 rings (SSSR count). The Hall–Kier alpha value is -0.410. The lowest BCUT2D eigenvalue weighted by Crippen LogP contribution is -1.60. The van der Waals surface area contributed by atoms with E-state index in [1.54, 1.807) is 0 Å². The number of halogens is 1. The maximum Gasteiger partial charge on any atom is 0.113 e. The van der Waals surface area contributed by atoms with Crippen molar-refractivity contribution in [3.05, 3.63) is 21.6 Å². The quantitative estimate of drug-likeness (QED) is 0.452. The van der Waals surface area contributed by atoms with E-state index in [0.717, 1.165) is 9.40 Å². The Kier molecular flexibility index (Phi) is 2.19. The average molecular weight is 232 g/mol. The molecular formula is C6H5IN2. The predicted molar refractivity (Wildman–Crippen MR) is 45.7 cm³/mol. The zero-order chi connectivity index (χ0) is 6.69. The van der Waals surface area contributed by atoms with E-state index >= 15 is 0 Å². The lowest BCUT2D eigenvalue weighted by atomic mass is 10.4. The zero-order valence-corrected chi connectivity index (χ0v) is 7.08. The zero-order valence-electron chi connectivity index (χ0n) is 4.93. The molecule has 0 fully saturated rings. The van der Waals surface area contributed by atoms with Gasteiger partial charge in [-0.3, -0.25) is 0 Å². The van der Waals surface area contributed by atoms with Crippen molar-refractivity contribution < 1.29 is 0 Å². The van der Waals surface area contributed by atoms with Gasteiger partial charge in [-0.1, -0.05) is 0 Å². The molecule has 0 saturated heterocycles. The summed E-state index contributed by atoms with van der Waals surface area (Å²) in [6, 6.07) is 2.55. The summed E-state index contributed by atoms with van der Waals surface area (Å²) < 4.78 is 0.910. The molecule has 0 unspecified atom stereocenters. The summed E-state index contributed by atoms with van der Waals surface area (Å²) in [5.74, 6) is 0. The van der Waals surface area contributed by atoms with E-state index in [9.17, 15) is 0 Å². The number of hydrogen-bond acceptors (Lipinski definition) is 2. The van der Waals surface area contributed by atoms with Crippen LogP contribution in [0, 0.1) is 0 Å². The molecule has 0 amide bonds. The first kappa shape index (κ1) is 6.71. The minimum Gasteiger partial charge on any atom is -0.192 e. The molecular weight excluding hydrogens is 227 g/mol. The molecule has 0 aromatic carbocycles. The second kappa shape index (κ2) is 2.94. The van der Waals surface area contributed by atoms with E-state index in [2.05, 4.69) is 38.6 Å². The maximum atomic E-state index is 3.86. The lowest BCUT2D eigenvalue weighted by molar-refractivity contribution is 1.32. The first-order valence-corrected chi connectivity index (χ1v) is 3.57. The van der Waals surface area contributed by atoms with Crippen molar-refractivity contribution in [2.24, 2.45) is 9.98 Å². The number of nitrogens with zero attached hydrogens (tertiary/aromatic N) is 2. The molecule has 0 N–H and O–H groups in total. The molecule has 9 heavy (non-hydrogen) atoms. The second-order valence-corrected chi connectivity index (χ2v) is 2.73. The van der Waals surface area contributed by atoms with Gasteiger partial charge in [0.25, 0.3) is 0 Å². The van der Waals surface area contributed by atoms with Gasteiger partial charge in [-0.2, -0.15) is 9.98 Å². The van der Waals surface area contributed by atoms with E-state index in [1.807, 2.05) is 19.1 Å². The number of hydrogen-bond donors (Lipinski definition) is 0. The minimum atomic E-state index is 0.910. The highest BCUT2D eigenvalue weighted by Gasteiger charge is 1.86. The number of allylic oxidation sites excluding steroid dienone is 3. The van der Waals surface area contributed by atoms with Crippen LogP contribution in [0.25, 0.3) is 0 Å². The third kappa shape index (κ3) is 2.11. The van der Waals surface area contributed by atoms with Gasteiger partial charge in [-0.25, -0.2) is 0 Å². The molecule has 3 heteroatoms. The number of aliphatic imine (C=N–C) groups is 2. The molecule has 1 heterocycles. The summed E-state index contributed by atoms with van der Waals surface area (Å²) in [4.78, 5) is 7.71. The van der Waals surface area contributed by atoms with Crippen LogP contribution in [0.4, 0.5) is 0 Å². The molecule has 1 aliphatic rings. The van der Waals surface area contributed by atoms with Crippen molar-refractivity contribution >= 4 is 28.6 Å². The van der Waals surface area contributed by atoms with Crippen LogP contribution in [-0.2, 0) is 0 Å². The molecule has 0 atom stereocenters. The first-order chi connectivity index (χ1) is 4.29. The van der Waals surface area contributed by atoms with Crippen LogP contribution in [0.5, 0.6) is 0 Å². The highest BCUT2D eigenvalue weighted by Crippen LogP contribution is 2.09. The number of rotatable bonds is 0. The average Bonchev–Trinajstić information content (AvgIpc) is 1.97. The monoisotopic (exact) mass is 232 g/mol. The fourth-order valence-electron chi connectivity index (χ4n) is 0.416. The van der Waals surface area contributed by atoms with Crippen LogP contribution in [0.2, 0.25) is 0 Å². The van der Waals surface area contributed by atoms with E-state index in [4.69, 9.17) is 0 Å². The third-order valence-corrected chi connectivity index (χ3v) is 1.45. The van der Waals surface area contributed by atoms with Gasteiger partial charge in [-0.05, 0) is 41.7 Å². The molecule has 46 valence electrons. The van der Waals surface area contributed by atoms with Gasteiger partial charge in [0.1, 0.15) is 9.71 Å². The van der Waals surface area contributed by atoms with Gasteiger partial charge in [0, 0.05) is 5.70 Å². The molecule has 0 saturated carbocycles. The van der Waals surface area contributed by atoms with Crippen LogP contribution in [-0.4, -0.2) is 6.01 Å². The van der Waals surface area contributed by atoms with Crippen LogP contribution >= 0.6 is 22.6 Å². The lowest BCUT2D eigenvalue weighted by Gasteiger charge is -1.78. The summed E-state index contributed by atoms with van der Waals surface area (Å²) in [5, 5.41) is 0. The molecule has 0 bridgehead atoms. The molecule has 0 spiro atoms. The summed E-state index contributed by atoms with van der Waals surface area (Å²) >= 11 is 2.12. The van der Waals surface area contributed by atoms with Gasteiger partial charge in [0.2, 0.25) is 0 Å². The highest BCUT2D eigenvalue weighted by molar-refractivity contribution is 14.1. The van der Waals surface area contributed by atoms with Crippen molar-refractivity contribution in [3.8, 4) is 0 Å². The summed E-state index contributed by atoms with van der Waals surface area (Å²) in [6.07, 6.45) is 3.81. The summed E-state index contributed by atoms with van der Waals surface area (Å²) in [7, 11) is 0. The van der Waals surface area contributed by atoms with Gasteiger partial charge in [0.05, 0.1) is 0 Å². The van der Waals surface area contributed by atoms with Gasteiger partial charge >= 0.3 is 0 Å². The summed E-state index contributed by atoms with van der Waals surface area (Å²) in [5.41, 5.74) is 0.936. The van der Waals surface area contributed by atoms with E-state index in [-0.39, 0.29) is 0 Å². The van der Waals surface area contributed by atoms with Crippen LogP contribution in [0.3, 0.4) is 0 Å². The standard InChI is InChI=1S/C6H5IN2/c1-5-2-3-6(7)9-4-8-5/h2-3H,1H3. The van der Waals surface area contributed by atoms with Crippen molar-refractivity contribution in [2.75, 3.05) is 0 Å². The van der Waals surface area contributed by atoms with Crippen molar-refractivity contribution in [1.29, 1.82) is 0 Å². The Morgan fingerprint density at radius 1 is 1.44 bits per heavy atom. The molecule has 0 aromatic rings. The largest absolute Gasteiger partial charge is 0.192 e. The van der Waals surface area contributed by atoms with Gasteiger partial charge in [0.15, 0.2) is 0 Å². The van der Waals surface area contributed by atoms with Gasteiger partial charge in [-0.15, -0.1) is 0 Å². The van der Waals surface area contributed by atoms with E-state index < -0.39 is 0 Å². The molecule has 0 aromatic heterocycles. The minimum absolute atomic E-state index is 0.910. The third-order valence-electron chi connectivity index (χ3n) is 0.845. The Morgan fingerprint density at radius 3 is 3.00 bits per heavy atom. The topological polar surface area (TPSA) is 24.7 Å². The van der Waals surface area contributed by atoms with E-state index in [1.165, 1.54) is 0 Å². The molecule has 0 radical (unpaired) electrons. The first-order valence-electron chi connectivity index (χ1n) is 2.49. The fraction of sp³-hybridized carbons (Fsp3) is 0.167. The maximum absolute atomic E-state index is 3.86. The van der Waals surface area contributed by atoms with Crippen LogP contribution in [0.15, 0.2) is 31.5 Å². The Balaban J connectivity index is 3.00.